The molecule has 0 N–H and O–H groups in total. The van der Waals surface area contributed by atoms with Crippen LogP contribution in [0.3, 0.4) is 0 Å². The second-order valence-electron chi connectivity index (χ2n) is 6.12. The van der Waals surface area contributed by atoms with Crippen molar-refractivity contribution < 1.29 is 4.79 Å². The third-order valence-electron chi connectivity index (χ3n) is 4.95. The molecule has 0 saturated carbocycles. The zero-order valence-electron chi connectivity index (χ0n) is 12.9. The molecule has 1 aliphatic rings. The van der Waals surface area contributed by atoms with Gasteiger partial charge in [-0.05, 0) is 29.5 Å². The normalized spacial score (nSPS) is 15.9. The van der Waals surface area contributed by atoms with Crippen LogP contribution in [0.2, 0.25) is 0 Å². The van der Waals surface area contributed by atoms with Crippen LogP contribution in [0.5, 0.6) is 0 Å². The lowest BCUT2D eigenvalue weighted by Gasteiger charge is -2.37. The van der Waals surface area contributed by atoms with Gasteiger partial charge in [-0.15, -0.1) is 0 Å². The molecular weight excluding hydrogens is 280 g/mol. The molecule has 0 spiro atoms. The number of fused-ring (bicyclic) bond motifs is 1. The molecule has 3 aromatic carbocycles. The molecule has 0 unspecified atom stereocenters. The number of Topliss-reactive ketones (excluding diaryl/α,β-unsaturated/α-hetero) is 1. The Hall–Kier alpha value is -2.67. The molecule has 1 nitrogen and oxygen atoms in total. The van der Waals surface area contributed by atoms with E-state index in [1.165, 1.54) is 5.56 Å². The van der Waals surface area contributed by atoms with Gasteiger partial charge in [0.05, 0.1) is 5.41 Å². The van der Waals surface area contributed by atoms with E-state index < -0.39 is 5.41 Å². The highest BCUT2D eigenvalue weighted by atomic mass is 16.1. The van der Waals surface area contributed by atoms with Gasteiger partial charge >= 0.3 is 0 Å². The van der Waals surface area contributed by atoms with E-state index in [9.17, 15) is 4.79 Å². The minimum absolute atomic E-state index is 0.219. The fourth-order valence-electron chi connectivity index (χ4n) is 3.79. The van der Waals surface area contributed by atoms with Gasteiger partial charge in [0.2, 0.25) is 0 Å². The van der Waals surface area contributed by atoms with Crippen molar-refractivity contribution in [2.24, 2.45) is 0 Å². The lowest BCUT2D eigenvalue weighted by Crippen LogP contribution is -2.41. The molecule has 1 aliphatic carbocycles. The van der Waals surface area contributed by atoms with Gasteiger partial charge < -0.3 is 0 Å². The van der Waals surface area contributed by atoms with Crippen molar-refractivity contribution in [3.63, 3.8) is 0 Å². The number of ketones is 1. The molecule has 0 aromatic heterocycles. The number of aryl methyl sites for hydroxylation is 1. The number of rotatable bonds is 2. The molecule has 0 saturated heterocycles. The topological polar surface area (TPSA) is 17.1 Å². The monoisotopic (exact) mass is 298 g/mol. The van der Waals surface area contributed by atoms with Crippen LogP contribution in [-0.2, 0) is 11.8 Å². The molecule has 4 rings (SSSR count). The first-order chi connectivity index (χ1) is 11.3. The van der Waals surface area contributed by atoms with E-state index in [4.69, 9.17) is 0 Å². The van der Waals surface area contributed by atoms with Crippen LogP contribution < -0.4 is 0 Å². The molecule has 0 amide bonds. The number of carbonyl (C=O) groups excluding carboxylic acids is 1. The van der Waals surface area contributed by atoms with Crippen LogP contribution in [0.4, 0.5) is 0 Å². The van der Waals surface area contributed by atoms with Crippen LogP contribution in [0.25, 0.3) is 0 Å². The Balaban J connectivity index is 1.97. The maximum absolute atomic E-state index is 13.5. The summed E-state index contributed by atoms with van der Waals surface area (Å²) in [5.74, 6) is 0.219. The maximum atomic E-state index is 13.5. The average Bonchev–Trinajstić information content (AvgIpc) is 2.64. The minimum atomic E-state index is -0.573. The van der Waals surface area contributed by atoms with Gasteiger partial charge in [-0.3, -0.25) is 4.79 Å². The summed E-state index contributed by atoms with van der Waals surface area (Å²) in [5, 5.41) is 0. The summed E-state index contributed by atoms with van der Waals surface area (Å²) in [4.78, 5) is 13.5. The van der Waals surface area contributed by atoms with Gasteiger partial charge in [0.15, 0.2) is 5.78 Å². The van der Waals surface area contributed by atoms with Crippen molar-refractivity contribution >= 4 is 5.78 Å². The largest absolute Gasteiger partial charge is 0.293 e. The predicted octanol–water partition coefficient (Wildman–Crippen LogP) is 4.80. The van der Waals surface area contributed by atoms with Crippen molar-refractivity contribution in [2.75, 3.05) is 0 Å². The Morgan fingerprint density at radius 3 is 1.78 bits per heavy atom. The zero-order chi connectivity index (χ0) is 15.7. The fraction of sp³-hybridized carbons (Fsp3) is 0.136. The summed E-state index contributed by atoms with van der Waals surface area (Å²) < 4.78 is 0. The SMILES string of the molecule is O=C1c2ccccc2CCC1(c1ccccc1)c1ccccc1. The standard InChI is InChI=1S/C22H18O/c23-21-20-14-8-7-9-17(20)15-16-22(21,18-10-3-1-4-11-18)19-12-5-2-6-13-19/h1-14H,15-16H2. The number of hydrogen-bond acceptors (Lipinski definition) is 1. The Morgan fingerprint density at radius 1 is 0.652 bits per heavy atom. The third kappa shape index (κ3) is 2.12. The van der Waals surface area contributed by atoms with Crippen LogP contribution >= 0.6 is 0 Å². The number of carbonyl (C=O) groups is 1. The van der Waals surface area contributed by atoms with Gasteiger partial charge in [0, 0.05) is 5.56 Å². The predicted molar refractivity (Wildman–Crippen MR) is 92.8 cm³/mol. The van der Waals surface area contributed by atoms with Crippen LogP contribution in [0, 0.1) is 0 Å². The summed E-state index contributed by atoms with van der Waals surface area (Å²) in [6.07, 6.45) is 1.74. The summed E-state index contributed by atoms with van der Waals surface area (Å²) >= 11 is 0. The van der Waals surface area contributed by atoms with E-state index in [0.29, 0.717) is 0 Å². The van der Waals surface area contributed by atoms with Crippen molar-refractivity contribution in [1.29, 1.82) is 0 Å². The Morgan fingerprint density at radius 2 is 1.17 bits per heavy atom. The summed E-state index contributed by atoms with van der Waals surface area (Å²) in [6.45, 7) is 0. The lowest BCUT2D eigenvalue weighted by molar-refractivity contribution is 0.0893. The van der Waals surface area contributed by atoms with E-state index >= 15 is 0 Å². The molecule has 112 valence electrons. The summed E-state index contributed by atoms with van der Waals surface area (Å²) in [6, 6.07) is 28.4. The van der Waals surface area contributed by atoms with Gasteiger partial charge in [-0.25, -0.2) is 0 Å². The Labute approximate surface area is 136 Å². The van der Waals surface area contributed by atoms with E-state index in [1.54, 1.807) is 0 Å². The second kappa shape index (κ2) is 5.51. The molecule has 3 aromatic rings. The molecule has 0 aliphatic heterocycles. The molecule has 1 heteroatoms. The number of hydrogen-bond donors (Lipinski definition) is 0. The van der Waals surface area contributed by atoms with Crippen molar-refractivity contribution in [2.45, 2.75) is 18.3 Å². The Bertz CT molecular complexity index is 795. The van der Waals surface area contributed by atoms with E-state index in [0.717, 1.165) is 29.5 Å². The van der Waals surface area contributed by atoms with Gasteiger partial charge in [-0.1, -0.05) is 84.9 Å². The molecule has 0 fully saturated rings. The highest BCUT2D eigenvalue weighted by Gasteiger charge is 2.44. The van der Waals surface area contributed by atoms with E-state index in [-0.39, 0.29) is 5.78 Å². The first-order valence-corrected chi connectivity index (χ1v) is 8.06. The van der Waals surface area contributed by atoms with Gasteiger partial charge in [0.25, 0.3) is 0 Å². The first-order valence-electron chi connectivity index (χ1n) is 8.06. The van der Waals surface area contributed by atoms with E-state index in [2.05, 4.69) is 30.3 Å². The quantitative estimate of drug-likeness (QED) is 0.664. The molecule has 0 atom stereocenters. The van der Waals surface area contributed by atoms with Crippen molar-refractivity contribution in [1.82, 2.24) is 0 Å². The molecule has 23 heavy (non-hydrogen) atoms. The molecule has 0 heterocycles. The molecule has 0 radical (unpaired) electrons. The van der Waals surface area contributed by atoms with Crippen molar-refractivity contribution in [3.8, 4) is 0 Å². The summed E-state index contributed by atoms with van der Waals surface area (Å²) in [5.41, 5.74) is 3.64. The first kappa shape index (κ1) is 14.0. The van der Waals surface area contributed by atoms with E-state index in [1.807, 2.05) is 54.6 Å². The Kier molecular flexibility index (Phi) is 3.34. The maximum Gasteiger partial charge on any atom is 0.178 e. The number of benzene rings is 3. The highest BCUT2D eigenvalue weighted by Crippen LogP contribution is 2.43. The smallest absolute Gasteiger partial charge is 0.178 e. The second-order valence-corrected chi connectivity index (χ2v) is 6.12. The van der Waals surface area contributed by atoms with Gasteiger partial charge in [0.1, 0.15) is 0 Å². The zero-order valence-corrected chi connectivity index (χ0v) is 12.9. The summed E-state index contributed by atoms with van der Waals surface area (Å²) in [7, 11) is 0. The molecular formula is C22H18O. The minimum Gasteiger partial charge on any atom is -0.293 e. The van der Waals surface area contributed by atoms with Crippen LogP contribution in [0.1, 0.15) is 33.5 Å². The van der Waals surface area contributed by atoms with Crippen LogP contribution in [0.15, 0.2) is 84.9 Å². The van der Waals surface area contributed by atoms with Gasteiger partial charge in [-0.2, -0.15) is 0 Å². The fourth-order valence-corrected chi connectivity index (χ4v) is 3.79. The average molecular weight is 298 g/mol. The van der Waals surface area contributed by atoms with Crippen LogP contribution in [-0.4, -0.2) is 5.78 Å². The molecule has 0 bridgehead atoms. The van der Waals surface area contributed by atoms with Crippen molar-refractivity contribution in [3.05, 3.63) is 107 Å². The third-order valence-corrected chi connectivity index (χ3v) is 4.95. The lowest BCUT2D eigenvalue weighted by atomic mass is 9.63. The highest BCUT2D eigenvalue weighted by molar-refractivity contribution is 6.08.